The van der Waals surface area contributed by atoms with Gasteiger partial charge < -0.3 is 5.73 Å². The number of aryl methyl sites for hydroxylation is 4. The lowest BCUT2D eigenvalue weighted by atomic mass is 10.0. The highest BCUT2D eigenvalue weighted by molar-refractivity contribution is 5.56. The van der Waals surface area contributed by atoms with Gasteiger partial charge in [-0.2, -0.15) is 0 Å². The van der Waals surface area contributed by atoms with Gasteiger partial charge in [0.05, 0.1) is 5.52 Å². The minimum atomic E-state index is -0.142. The van der Waals surface area contributed by atoms with E-state index in [1.54, 1.807) is 24.3 Å². The second kappa shape index (κ2) is 6.57. The van der Waals surface area contributed by atoms with E-state index in [-0.39, 0.29) is 11.4 Å². The Morgan fingerprint density at radius 3 is 2.58 bits per heavy atom. The van der Waals surface area contributed by atoms with E-state index in [4.69, 9.17) is 5.73 Å². The van der Waals surface area contributed by atoms with Crippen molar-refractivity contribution in [2.45, 2.75) is 33.2 Å². The van der Waals surface area contributed by atoms with Gasteiger partial charge in [-0.1, -0.05) is 24.3 Å². The molecule has 0 radical (unpaired) electrons. The lowest BCUT2D eigenvalue weighted by Gasteiger charge is -2.11. The van der Waals surface area contributed by atoms with Crippen molar-refractivity contribution in [1.82, 2.24) is 4.40 Å². The highest BCUT2D eigenvalue weighted by Gasteiger charge is 2.08. The Hall–Kier alpha value is -2.46. The van der Waals surface area contributed by atoms with Crippen LogP contribution in [0.15, 0.2) is 47.4 Å². The van der Waals surface area contributed by atoms with Crippen molar-refractivity contribution >= 4 is 5.52 Å². The molecule has 0 atom stereocenters. The van der Waals surface area contributed by atoms with Crippen LogP contribution in [0.3, 0.4) is 0 Å². The summed E-state index contributed by atoms with van der Waals surface area (Å²) in [4.78, 5) is 12.4. The topological polar surface area (TPSA) is 47.5 Å². The SMILES string of the molecule is Cc1cccc(CCc2ccc3c(CN)cc(C)c(=O)n3c2)c1F. The van der Waals surface area contributed by atoms with E-state index in [0.717, 1.165) is 16.6 Å². The van der Waals surface area contributed by atoms with Gasteiger partial charge in [0, 0.05) is 18.3 Å². The van der Waals surface area contributed by atoms with E-state index < -0.39 is 0 Å². The summed E-state index contributed by atoms with van der Waals surface area (Å²) in [5.41, 5.74) is 10.6. The summed E-state index contributed by atoms with van der Waals surface area (Å²) in [7, 11) is 0. The van der Waals surface area contributed by atoms with Gasteiger partial charge in [-0.05, 0) is 61.1 Å². The maximum absolute atomic E-state index is 14.1. The van der Waals surface area contributed by atoms with Crippen LogP contribution in [0.25, 0.3) is 5.52 Å². The molecule has 0 aliphatic carbocycles. The molecule has 0 aliphatic rings. The van der Waals surface area contributed by atoms with E-state index >= 15 is 0 Å². The number of halogens is 1. The van der Waals surface area contributed by atoms with Crippen molar-refractivity contribution in [1.29, 1.82) is 0 Å². The number of benzene rings is 1. The van der Waals surface area contributed by atoms with Crippen LogP contribution in [0.1, 0.15) is 27.8 Å². The quantitative estimate of drug-likeness (QED) is 0.800. The van der Waals surface area contributed by atoms with E-state index in [2.05, 4.69) is 0 Å². The maximum Gasteiger partial charge on any atom is 0.258 e. The zero-order chi connectivity index (χ0) is 17.3. The molecule has 0 unspecified atom stereocenters. The third-order valence-electron chi connectivity index (χ3n) is 4.46. The van der Waals surface area contributed by atoms with Crippen molar-refractivity contribution in [3.05, 3.63) is 86.6 Å². The number of nitrogens with two attached hydrogens (primary N) is 1. The van der Waals surface area contributed by atoms with Gasteiger partial charge in [0.2, 0.25) is 0 Å². The minimum Gasteiger partial charge on any atom is -0.326 e. The second-order valence-corrected chi connectivity index (χ2v) is 6.20. The minimum absolute atomic E-state index is 0.0363. The van der Waals surface area contributed by atoms with Gasteiger partial charge in [0.1, 0.15) is 5.82 Å². The third-order valence-corrected chi connectivity index (χ3v) is 4.46. The number of pyridine rings is 2. The predicted octanol–water partition coefficient (Wildman–Crippen LogP) is 3.30. The van der Waals surface area contributed by atoms with Crippen LogP contribution in [-0.4, -0.2) is 4.40 Å². The molecule has 2 N–H and O–H groups in total. The molecule has 3 aromatic rings. The van der Waals surface area contributed by atoms with Crippen LogP contribution in [0.5, 0.6) is 0 Å². The van der Waals surface area contributed by atoms with Gasteiger partial charge in [-0.3, -0.25) is 9.20 Å². The summed E-state index contributed by atoms with van der Waals surface area (Å²) >= 11 is 0. The molecule has 0 bridgehead atoms. The summed E-state index contributed by atoms with van der Waals surface area (Å²) in [6.07, 6.45) is 3.12. The maximum atomic E-state index is 14.1. The Kier molecular flexibility index (Phi) is 4.49. The highest BCUT2D eigenvalue weighted by Crippen LogP contribution is 2.16. The Bertz CT molecular complexity index is 960. The first kappa shape index (κ1) is 16.4. The Balaban J connectivity index is 1.95. The molecule has 1 aromatic carbocycles. The summed E-state index contributed by atoms with van der Waals surface area (Å²) in [5.74, 6) is -0.142. The molecule has 24 heavy (non-hydrogen) atoms. The molecular formula is C20H21FN2O. The fourth-order valence-electron chi connectivity index (χ4n) is 3.05. The average molecular weight is 324 g/mol. The van der Waals surface area contributed by atoms with Crippen molar-refractivity contribution in [2.24, 2.45) is 5.73 Å². The fraction of sp³-hybridized carbons (Fsp3) is 0.250. The van der Waals surface area contributed by atoms with Crippen LogP contribution in [0, 0.1) is 19.7 Å². The Labute approximate surface area is 140 Å². The molecule has 0 aliphatic heterocycles. The summed E-state index contributed by atoms with van der Waals surface area (Å²) in [6, 6.07) is 11.2. The van der Waals surface area contributed by atoms with Crippen molar-refractivity contribution < 1.29 is 4.39 Å². The molecule has 3 nitrogen and oxygen atoms in total. The molecule has 0 fully saturated rings. The zero-order valence-corrected chi connectivity index (χ0v) is 14.0. The van der Waals surface area contributed by atoms with Crippen molar-refractivity contribution in [3.8, 4) is 0 Å². The normalized spacial score (nSPS) is 11.2. The van der Waals surface area contributed by atoms with Crippen LogP contribution in [-0.2, 0) is 19.4 Å². The van der Waals surface area contributed by atoms with E-state index in [9.17, 15) is 9.18 Å². The lowest BCUT2D eigenvalue weighted by Crippen LogP contribution is -2.19. The first-order valence-electron chi connectivity index (χ1n) is 8.09. The Morgan fingerprint density at radius 2 is 1.83 bits per heavy atom. The van der Waals surface area contributed by atoms with Crippen LogP contribution in [0.2, 0.25) is 0 Å². The molecular weight excluding hydrogens is 303 g/mol. The first-order valence-corrected chi connectivity index (χ1v) is 8.09. The highest BCUT2D eigenvalue weighted by atomic mass is 19.1. The standard InChI is InChI=1S/C20H21FN2O/c1-13-4-3-5-16(19(13)21)8-6-15-7-9-18-17(11-22)10-14(2)20(24)23(18)12-15/h3-5,7,9-10,12H,6,8,11,22H2,1-2H3. The third kappa shape index (κ3) is 2.97. The average Bonchev–Trinajstić information content (AvgIpc) is 2.59. The molecule has 0 saturated heterocycles. The van der Waals surface area contributed by atoms with Crippen LogP contribution in [0.4, 0.5) is 4.39 Å². The van der Waals surface area contributed by atoms with Crippen LogP contribution < -0.4 is 11.3 Å². The zero-order valence-electron chi connectivity index (χ0n) is 14.0. The lowest BCUT2D eigenvalue weighted by molar-refractivity contribution is 0.599. The van der Waals surface area contributed by atoms with Crippen LogP contribution >= 0.6 is 0 Å². The fourth-order valence-corrected chi connectivity index (χ4v) is 3.05. The smallest absolute Gasteiger partial charge is 0.258 e. The second-order valence-electron chi connectivity index (χ2n) is 6.20. The predicted molar refractivity (Wildman–Crippen MR) is 94.8 cm³/mol. The summed E-state index contributed by atoms with van der Waals surface area (Å²) < 4.78 is 15.8. The largest absolute Gasteiger partial charge is 0.326 e. The van der Waals surface area contributed by atoms with E-state index in [0.29, 0.717) is 36.1 Å². The van der Waals surface area contributed by atoms with Gasteiger partial charge in [-0.15, -0.1) is 0 Å². The van der Waals surface area contributed by atoms with Gasteiger partial charge in [0.25, 0.3) is 5.56 Å². The summed E-state index contributed by atoms with van der Waals surface area (Å²) in [5, 5.41) is 0. The van der Waals surface area contributed by atoms with Crippen molar-refractivity contribution in [2.75, 3.05) is 0 Å². The molecule has 0 spiro atoms. The monoisotopic (exact) mass is 324 g/mol. The molecule has 0 amide bonds. The van der Waals surface area contributed by atoms with Gasteiger partial charge >= 0.3 is 0 Å². The molecule has 4 heteroatoms. The number of fused-ring (bicyclic) bond motifs is 1. The molecule has 0 saturated carbocycles. The molecule has 2 aromatic heterocycles. The van der Waals surface area contributed by atoms with Gasteiger partial charge in [-0.25, -0.2) is 4.39 Å². The number of hydrogen-bond donors (Lipinski definition) is 1. The number of rotatable bonds is 4. The Morgan fingerprint density at radius 1 is 1.04 bits per heavy atom. The van der Waals surface area contributed by atoms with Crippen molar-refractivity contribution in [3.63, 3.8) is 0 Å². The van der Waals surface area contributed by atoms with E-state index in [1.165, 1.54) is 0 Å². The molecule has 2 heterocycles. The first-order chi connectivity index (χ1) is 11.5. The molecule has 124 valence electrons. The number of hydrogen-bond acceptors (Lipinski definition) is 2. The number of aromatic nitrogens is 1. The van der Waals surface area contributed by atoms with E-state index in [1.807, 2.05) is 36.5 Å². The summed E-state index contributed by atoms with van der Waals surface area (Å²) in [6.45, 7) is 3.95. The van der Waals surface area contributed by atoms with Gasteiger partial charge in [0.15, 0.2) is 0 Å². The number of nitrogens with zero attached hydrogens (tertiary/aromatic N) is 1. The molecule has 3 rings (SSSR count).